The number of rotatable bonds is 2. The molecule has 100 valence electrons. The molecule has 0 unspecified atom stereocenters. The average Bonchev–Trinajstić information content (AvgIpc) is 2.76. The van der Waals surface area contributed by atoms with Gasteiger partial charge >= 0.3 is 0 Å². The maximum atomic E-state index is 12.1. The Morgan fingerprint density at radius 2 is 2.15 bits per heavy atom. The number of nitrogens with zero attached hydrogens (tertiary/aromatic N) is 3. The lowest BCUT2D eigenvalue weighted by Gasteiger charge is -2.05. The number of aromatic nitrogens is 3. The molecule has 0 fully saturated rings. The van der Waals surface area contributed by atoms with Crippen LogP contribution in [0.2, 0.25) is 0 Å². The van der Waals surface area contributed by atoms with Gasteiger partial charge in [-0.2, -0.15) is 0 Å². The summed E-state index contributed by atoms with van der Waals surface area (Å²) in [6, 6.07) is 3.39. The van der Waals surface area contributed by atoms with Crippen LogP contribution in [0, 0.1) is 13.8 Å². The molecule has 0 bridgehead atoms. The third-order valence-electron chi connectivity index (χ3n) is 3.12. The predicted molar refractivity (Wildman–Crippen MR) is 73.5 cm³/mol. The van der Waals surface area contributed by atoms with E-state index in [1.807, 2.05) is 13.8 Å². The van der Waals surface area contributed by atoms with E-state index in [0.29, 0.717) is 17.1 Å². The molecule has 6 nitrogen and oxygen atoms in total. The third kappa shape index (κ3) is 2.01. The van der Waals surface area contributed by atoms with Crippen molar-refractivity contribution in [2.24, 2.45) is 0 Å². The molecular weight excluding hydrogens is 256 g/mol. The first kappa shape index (κ1) is 12.3. The van der Waals surface area contributed by atoms with E-state index in [-0.39, 0.29) is 5.91 Å². The Bertz CT molecular complexity index is 780. The largest absolute Gasteiger partial charge is 0.443 e. The van der Waals surface area contributed by atoms with Gasteiger partial charge in [-0.1, -0.05) is 0 Å². The van der Waals surface area contributed by atoms with Crippen molar-refractivity contribution < 1.29 is 9.21 Å². The van der Waals surface area contributed by atoms with Crippen LogP contribution >= 0.6 is 0 Å². The highest BCUT2D eigenvalue weighted by Crippen LogP contribution is 2.28. The van der Waals surface area contributed by atoms with Gasteiger partial charge in [-0.05, 0) is 26.0 Å². The van der Waals surface area contributed by atoms with Gasteiger partial charge in [-0.25, -0.2) is 9.97 Å². The van der Waals surface area contributed by atoms with Crippen molar-refractivity contribution in [1.82, 2.24) is 15.0 Å². The number of furan rings is 1. The summed E-state index contributed by atoms with van der Waals surface area (Å²) in [6.45, 7) is 3.76. The highest BCUT2D eigenvalue weighted by molar-refractivity contribution is 6.07. The number of fused-ring (bicyclic) bond motifs is 1. The summed E-state index contributed by atoms with van der Waals surface area (Å²) in [5.41, 5.74) is 1.86. The topological polar surface area (TPSA) is 80.9 Å². The Labute approximate surface area is 114 Å². The summed E-state index contributed by atoms with van der Waals surface area (Å²) in [4.78, 5) is 24.2. The highest BCUT2D eigenvalue weighted by Gasteiger charge is 2.16. The van der Waals surface area contributed by atoms with Gasteiger partial charge in [0.05, 0.1) is 10.9 Å². The molecule has 1 amide bonds. The molecule has 0 aliphatic heterocycles. The van der Waals surface area contributed by atoms with Crippen LogP contribution in [0.25, 0.3) is 11.1 Å². The van der Waals surface area contributed by atoms with Crippen molar-refractivity contribution in [3.8, 4) is 0 Å². The van der Waals surface area contributed by atoms with E-state index in [9.17, 15) is 4.79 Å². The monoisotopic (exact) mass is 268 g/mol. The Morgan fingerprint density at radius 1 is 1.30 bits per heavy atom. The van der Waals surface area contributed by atoms with Gasteiger partial charge in [0.1, 0.15) is 17.9 Å². The van der Waals surface area contributed by atoms with Gasteiger partial charge < -0.3 is 9.73 Å². The lowest BCUT2D eigenvalue weighted by atomic mass is 10.2. The number of carbonyl (C=O) groups is 1. The minimum absolute atomic E-state index is 0.267. The molecule has 0 aromatic carbocycles. The molecule has 20 heavy (non-hydrogen) atoms. The van der Waals surface area contributed by atoms with Crippen LogP contribution < -0.4 is 5.32 Å². The summed E-state index contributed by atoms with van der Waals surface area (Å²) < 4.78 is 5.51. The van der Waals surface area contributed by atoms with E-state index in [0.717, 1.165) is 16.7 Å². The molecule has 0 saturated heterocycles. The Morgan fingerprint density at radius 3 is 2.90 bits per heavy atom. The standard InChI is InChI=1S/C14H12N4O2/c1-8-9(2)20-14-11(8)12(16-7-17-14)18-13(19)10-4-3-5-15-6-10/h3-7H,1-2H3,(H,16,17,18,19). The summed E-state index contributed by atoms with van der Waals surface area (Å²) in [5, 5.41) is 3.49. The third-order valence-corrected chi connectivity index (χ3v) is 3.12. The summed E-state index contributed by atoms with van der Waals surface area (Å²) >= 11 is 0. The molecule has 0 aliphatic carbocycles. The van der Waals surface area contributed by atoms with E-state index in [2.05, 4.69) is 20.3 Å². The van der Waals surface area contributed by atoms with Crippen LogP contribution in [0.4, 0.5) is 5.82 Å². The number of anilines is 1. The zero-order valence-electron chi connectivity index (χ0n) is 11.0. The average molecular weight is 268 g/mol. The van der Waals surface area contributed by atoms with E-state index < -0.39 is 0 Å². The molecule has 3 aromatic rings. The minimum Gasteiger partial charge on any atom is -0.443 e. The molecule has 0 radical (unpaired) electrons. The number of hydrogen-bond donors (Lipinski definition) is 1. The van der Waals surface area contributed by atoms with E-state index in [1.54, 1.807) is 18.3 Å². The predicted octanol–water partition coefficient (Wildman–Crippen LogP) is 2.49. The van der Waals surface area contributed by atoms with Gasteiger partial charge in [-0.15, -0.1) is 0 Å². The van der Waals surface area contributed by atoms with Gasteiger partial charge in [0.25, 0.3) is 5.91 Å². The lowest BCUT2D eigenvalue weighted by Crippen LogP contribution is -2.13. The summed E-state index contributed by atoms with van der Waals surface area (Å²) in [5.74, 6) is 0.937. The Kier molecular flexibility index (Phi) is 2.90. The number of pyridine rings is 1. The second-order valence-electron chi connectivity index (χ2n) is 4.38. The van der Waals surface area contributed by atoms with Crippen molar-refractivity contribution >= 4 is 22.8 Å². The van der Waals surface area contributed by atoms with E-state index >= 15 is 0 Å². The van der Waals surface area contributed by atoms with Crippen molar-refractivity contribution in [1.29, 1.82) is 0 Å². The zero-order chi connectivity index (χ0) is 14.1. The fraction of sp³-hybridized carbons (Fsp3) is 0.143. The van der Waals surface area contributed by atoms with Crippen LogP contribution in [-0.2, 0) is 0 Å². The maximum absolute atomic E-state index is 12.1. The SMILES string of the molecule is Cc1oc2ncnc(NC(=O)c3cccnc3)c2c1C. The lowest BCUT2D eigenvalue weighted by molar-refractivity contribution is 0.102. The Balaban J connectivity index is 2.01. The number of aryl methyl sites for hydroxylation is 2. The van der Waals surface area contributed by atoms with Crippen LogP contribution in [0.1, 0.15) is 21.7 Å². The van der Waals surface area contributed by atoms with Crippen LogP contribution in [0.5, 0.6) is 0 Å². The molecule has 0 saturated carbocycles. The van der Waals surface area contributed by atoms with Gasteiger partial charge in [0.15, 0.2) is 0 Å². The molecule has 6 heteroatoms. The second kappa shape index (κ2) is 4.73. The summed E-state index contributed by atoms with van der Waals surface area (Å²) in [7, 11) is 0. The zero-order valence-corrected chi connectivity index (χ0v) is 11.0. The van der Waals surface area contributed by atoms with E-state index in [1.165, 1.54) is 12.5 Å². The molecule has 3 rings (SSSR count). The van der Waals surface area contributed by atoms with Crippen molar-refractivity contribution in [3.63, 3.8) is 0 Å². The van der Waals surface area contributed by atoms with Gasteiger partial charge in [0, 0.05) is 18.0 Å². The fourth-order valence-corrected chi connectivity index (χ4v) is 1.95. The molecule has 0 spiro atoms. The van der Waals surface area contributed by atoms with Gasteiger partial charge in [0.2, 0.25) is 5.71 Å². The quantitative estimate of drug-likeness (QED) is 0.772. The summed E-state index contributed by atoms with van der Waals surface area (Å²) in [6.07, 6.45) is 4.48. The highest BCUT2D eigenvalue weighted by atomic mass is 16.3. The molecule has 3 heterocycles. The molecule has 3 aromatic heterocycles. The second-order valence-corrected chi connectivity index (χ2v) is 4.38. The first-order chi connectivity index (χ1) is 9.66. The number of carbonyl (C=O) groups excluding carboxylic acids is 1. The van der Waals surface area contributed by atoms with Crippen molar-refractivity contribution in [3.05, 3.63) is 47.7 Å². The van der Waals surface area contributed by atoms with Crippen molar-refractivity contribution in [2.75, 3.05) is 5.32 Å². The molecule has 0 atom stereocenters. The number of amides is 1. The molecule has 0 aliphatic rings. The van der Waals surface area contributed by atoms with Crippen molar-refractivity contribution in [2.45, 2.75) is 13.8 Å². The normalized spacial score (nSPS) is 10.7. The maximum Gasteiger partial charge on any atom is 0.258 e. The van der Waals surface area contributed by atoms with E-state index in [4.69, 9.17) is 4.42 Å². The van der Waals surface area contributed by atoms with Crippen LogP contribution in [0.3, 0.4) is 0 Å². The van der Waals surface area contributed by atoms with Crippen LogP contribution in [0.15, 0.2) is 35.3 Å². The number of nitrogens with one attached hydrogen (secondary N) is 1. The molecule has 1 N–H and O–H groups in total. The molecular formula is C14H12N4O2. The smallest absolute Gasteiger partial charge is 0.258 e. The Hall–Kier alpha value is -2.76. The minimum atomic E-state index is -0.267. The van der Waals surface area contributed by atoms with Gasteiger partial charge in [-0.3, -0.25) is 9.78 Å². The first-order valence-electron chi connectivity index (χ1n) is 6.09. The first-order valence-corrected chi connectivity index (χ1v) is 6.09. The number of hydrogen-bond acceptors (Lipinski definition) is 5. The van der Waals surface area contributed by atoms with Crippen LogP contribution in [-0.4, -0.2) is 20.9 Å². The fourth-order valence-electron chi connectivity index (χ4n) is 1.95.